The maximum absolute atomic E-state index is 13.5. The van der Waals surface area contributed by atoms with Crippen molar-refractivity contribution < 1.29 is 89.4 Å². The van der Waals surface area contributed by atoms with E-state index in [1.165, 1.54) is 238 Å². The Morgan fingerprint density at radius 1 is 0.375 bits per heavy atom. The fourth-order valence-electron chi connectivity index (χ4n) is 13.6. The summed E-state index contributed by atoms with van der Waals surface area (Å²) < 4.78 is 34.5. The van der Waals surface area contributed by atoms with Gasteiger partial charge in [0, 0.05) is 6.42 Å². The standard InChI is InChI=1S/C77H145NO18/c1-3-5-7-9-11-13-15-17-19-21-23-25-26-27-28-29-30-31-32-33-35-36-38-40-42-44-46-48-50-52-54-61(82)60(78-65(83)55-53-51-49-47-45-43-41-39-37-34-24-22-20-18-16-14-12-10-8-6-4-2)59-91-75-71(89)68(86)73(63(57-80)93-75)96-77-72(90)69(87)74(64(58-81)94-77)95-76-70(88)67(85)66(84)62(56-79)92-76/h16,18,22,24,60-64,66-77,79-82,84-90H,3-15,17,19-21,23,25-59H2,1-2H3,(H,78,83)/b18-16-,24-22-. The van der Waals surface area contributed by atoms with Crippen LogP contribution < -0.4 is 5.32 Å². The molecule has 17 atom stereocenters. The maximum atomic E-state index is 13.5. The number of carbonyl (C=O) groups is 1. The summed E-state index contributed by atoms with van der Waals surface area (Å²) >= 11 is 0. The van der Waals surface area contributed by atoms with Crippen molar-refractivity contribution in [3.05, 3.63) is 24.3 Å². The van der Waals surface area contributed by atoms with Crippen LogP contribution in [0.25, 0.3) is 0 Å². The first-order chi connectivity index (χ1) is 46.8. The highest BCUT2D eigenvalue weighted by Gasteiger charge is 2.54. The first-order valence-electron chi connectivity index (χ1n) is 39.6. The molecule has 3 heterocycles. The van der Waals surface area contributed by atoms with Crippen LogP contribution in [-0.4, -0.2) is 193 Å². The number of hydrogen-bond donors (Lipinski definition) is 12. The SMILES string of the molecule is CCCCCCC/C=C\C/C=C\CCCCCCCCCCCC(=O)NC(COC1OC(CO)C(OC2OC(CO)C(OC3OC(CO)C(O)C(O)C3O)C(O)C2O)C(O)C1O)C(O)CCCCCCCCCCCCCCCCCCCCCCCCCCCCCCCC. The average Bonchev–Trinajstić information content (AvgIpc) is 0.785. The summed E-state index contributed by atoms with van der Waals surface area (Å²) in [4.78, 5) is 13.5. The van der Waals surface area contributed by atoms with E-state index in [4.69, 9.17) is 28.4 Å². The highest BCUT2D eigenvalue weighted by molar-refractivity contribution is 5.76. The van der Waals surface area contributed by atoms with Gasteiger partial charge in [-0.25, -0.2) is 0 Å². The minimum atomic E-state index is -1.97. The average molecular weight is 1370 g/mol. The molecule has 0 spiro atoms. The van der Waals surface area contributed by atoms with E-state index in [0.29, 0.717) is 12.8 Å². The summed E-state index contributed by atoms with van der Waals surface area (Å²) in [6.45, 7) is 1.84. The molecule has 1 amide bonds. The molecule has 3 aliphatic rings. The van der Waals surface area contributed by atoms with Crippen LogP contribution in [0.15, 0.2) is 24.3 Å². The third-order valence-corrected chi connectivity index (χ3v) is 20.0. The molecule has 19 nitrogen and oxygen atoms in total. The lowest BCUT2D eigenvalue weighted by Gasteiger charge is -2.48. The van der Waals surface area contributed by atoms with Gasteiger partial charge in [-0.15, -0.1) is 0 Å². The Morgan fingerprint density at radius 3 is 1.06 bits per heavy atom. The minimum absolute atomic E-state index is 0.242. The van der Waals surface area contributed by atoms with Gasteiger partial charge in [0.1, 0.15) is 73.2 Å². The molecule has 566 valence electrons. The number of allylic oxidation sites excluding steroid dienone is 4. The molecule has 0 aromatic rings. The second-order valence-electron chi connectivity index (χ2n) is 28.5. The van der Waals surface area contributed by atoms with E-state index in [1.54, 1.807) is 0 Å². The van der Waals surface area contributed by atoms with Crippen LogP contribution in [0.5, 0.6) is 0 Å². The molecule has 3 saturated heterocycles. The van der Waals surface area contributed by atoms with Crippen molar-refractivity contribution in [1.29, 1.82) is 0 Å². The van der Waals surface area contributed by atoms with Crippen LogP contribution in [0, 0.1) is 0 Å². The first kappa shape index (κ1) is 88.5. The van der Waals surface area contributed by atoms with Gasteiger partial charge < -0.3 is 89.9 Å². The van der Waals surface area contributed by atoms with Crippen LogP contribution >= 0.6 is 0 Å². The van der Waals surface area contributed by atoms with Gasteiger partial charge in [0.2, 0.25) is 5.91 Å². The predicted molar refractivity (Wildman–Crippen MR) is 379 cm³/mol. The zero-order valence-corrected chi connectivity index (χ0v) is 60.4. The van der Waals surface area contributed by atoms with E-state index in [9.17, 15) is 61.0 Å². The molecule has 19 heteroatoms. The lowest BCUT2D eigenvalue weighted by molar-refractivity contribution is -0.379. The molecule has 0 saturated carbocycles. The topological polar surface area (TPSA) is 307 Å². The zero-order valence-electron chi connectivity index (χ0n) is 60.4. The monoisotopic (exact) mass is 1370 g/mol. The molecular weight excluding hydrogens is 1230 g/mol. The molecule has 0 aromatic carbocycles. The maximum Gasteiger partial charge on any atom is 0.220 e. The number of ether oxygens (including phenoxy) is 6. The fourth-order valence-corrected chi connectivity index (χ4v) is 13.6. The molecular formula is C77H145NO18. The summed E-state index contributed by atoms with van der Waals surface area (Å²) in [5.74, 6) is -0.242. The van der Waals surface area contributed by atoms with E-state index < -0.39 is 124 Å². The van der Waals surface area contributed by atoms with Crippen molar-refractivity contribution in [2.75, 3.05) is 26.4 Å². The molecule has 3 rings (SSSR count). The summed E-state index contributed by atoms with van der Waals surface area (Å²) in [6, 6.07) is -0.890. The highest BCUT2D eigenvalue weighted by Crippen LogP contribution is 2.33. The molecule has 12 N–H and O–H groups in total. The number of amides is 1. The van der Waals surface area contributed by atoms with Gasteiger partial charge in [-0.3, -0.25) is 4.79 Å². The smallest absolute Gasteiger partial charge is 0.220 e. The van der Waals surface area contributed by atoms with Gasteiger partial charge in [-0.2, -0.15) is 0 Å². The number of aliphatic hydroxyl groups excluding tert-OH is 11. The van der Waals surface area contributed by atoms with Gasteiger partial charge in [-0.1, -0.05) is 301 Å². The van der Waals surface area contributed by atoms with Gasteiger partial charge in [0.05, 0.1) is 38.6 Å². The number of unbranched alkanes of at least 4 members (excludes halogenated alkanes) is 43. The van der Waals surface area contributed by atoms with Gasteiger partial charge in [-0.05, 0) is 44.9 Å². The molecule has 96 heavy (non-hydrogen) atoms. The van der Waals surface area contributed by atoms with Crippen LogP contribution in [0.3, 0.4) is 0 Å². The summed E-state index contributed by atoms with van der Waals surface area (Å²) in [5, 5.41) is 121. The molecule has 0 bridgehead atoms. The number of aliphatic hydroxyl groups is 11. The normalized spacial score (nSPS) is 27.1. The van der Waals surface area contributed by atoms with Crippen molar-refractivity contribution in [2.24, 2.45) is 0 Å². The van der Waals surface area contributed by atoms with Crippen molar-refractivity contribution in [2.45, 2.75) is 433 Å². The number of rotatable bonds is 63. The molecule has 17 unspecified atom stereocenters. The Balaban J connectivity index is 1.37. The lowest BCUT2D eigenvalue weighted by atomic mass is 9.96. The van der Waals surface area contributed by atoms with E-state index in [2.05, 4.69) is 43.5 Å². The number of hydrogen-bond acceptors (Lipinski definition) is 18. The minimum Gasteiger partial charge on any atom is -0.394 e. The largest absolute Gasteiger partial charge is 0.394 e. The molecule has 3 fully saturated rings. The molecule has 3 aliphatic heterocycles. The highest BCUT2D eigenvalue weighted by atomic mass is 16.8. The first-order valence-corrected chi connectivity index (χ1v) is 39.6. The van der Waals surface area contributed by atoms with Crippen LogP contribution in [-0.2, 0) is 33.2 Å². The lowest BCUT2D eigenvalue weighted by Crippen LogP contribution is -2.66. The van der Waals surface area contributed by atoms with E-state index >= 15 is 0 Å². The Kier molecular flexibility index (Phi) is 54.1. The Labute approximate surface area is 581 Å². The zero-order chi connectivity index (χ0) is 69.6. The van der Waals surface area contributed by atoms with Gasteiger partial charge >= 0.3 is 0 Å². The second-order valence-corrected chi connectivity index (χ2v) is 28.5. The van der Waals surface area contributed by atoms with Gasteiger partial charge in [0.25, 0.3) is 0 Å². The van der Waals surface area contributed by atoms with Crippen LogP contribution in [0.4, 0.5) is 0 Å². The Bertz CT molecular complexity index is 1830. The van der Waals surface area contributed by atoms with Crippen molar-refractivity contribution >= 4 is 5.91 Å². The predicted octanol–water partition coefficient (Wildman–Crippen LogP) is 12.6. The summed E-state index contributed by atoms with van der Waals surface area (Å²) in [6.07, 6.45) is 42.6. The summed E-state index contributed by atoms with van der Waals surface area (Å²) in [5.41, 5.74) is 0. The van der Waals surface area contributed by atoms with E-state index in [0.717, 1.165) is 57.8 Å². The third-order valence-electron chi connectivity index (χ3n) is 20.0. The second kappa shape index (κ2) is 58.7. The van der Waals surface area contributed by atoms with Gasteiger partial charge in [0.15, 0.2) is 18.9 Å². The van der Waals surface area contributed by atoms with Crippen molar-refractivity contribution in [3.63, 3.8) is 0 Å². The van der Waals surface area contributed by atoms with E-state index in [-0.39, 0.29) is 18.9 Å². The van der Waals surface area contributed by atoms with Crippen LogP contribution in [0.2, 0.25) is 0 Å². The quantitative estimate of drug-likeness (QED) is 0.0199. The molecule has 0 radical (unpaired) electrons. The third kappa shape index (κ3) is 39.1. The fraction of sp³-hybridized carbons (Fsp3) is 0.935. The van der Waals surface area contributed by atoms with Crippen molar-refractivity contribution in [1.82, 2.24) is 5.32 Å². The summed E-state index contributed by atoms with van der Waals surface area (Å²) in [7, 11) is 0. The number of nitrogens with one attached hydrogen (secondary N) is 1. The molecule has 0 aliphatic carbocycles. The van der Waals surface area contributed by atoms with Crippen molar-refractivity contribution in [3.8, 4) is 0 Å². The number of carbonyl (C=O) groups excluding carboxylic acids is 1. The van der Waals surface area contributed by atoms with E-state index in [1.807, 2.05) is 0 Å². The Morgan fingerprint density at radius 2 is 0.688 bits per heavy atom. The molecule has 0 aromatic heterocycles. The van der Waals surface area contributed by atoms with Crippen LogP contribution in [0.1, 0.15) is 328 Å². The Hall–Kier alpha value is -1.73.